The smallest absolute Gasteiger partial charge is 0.416 e. The van der Waals surface area contributed by atoms with Crippen LogP contribution in [0.4, 0.5) is 13.2 Å². The molecule has 10 heteroatoms. The third kappa shape index (κ3) is 4.52. The van der Waals surface area contributed by atoms with Gasteiger partial charge in [-0.1, -0.05) is 12.1 Å². The molecular formula is C19H14F3N5O2. The van der Waals surface area contributed by atoms with Gasteiger partial charge < -0.3 is 10.1 Å². The van der Waals surface area contributed by atoms with Crippen LogP contribution in [0.15, 0.2) is 48.9 Å². The fourth-order valence-electron chi connectivity index (χ4n) is 2.47. The van der Waals surface area contributed by atoms with Gasteiger partial charge in [-0.15, -0.1) is 0 Å². The van der Waals surface area contributed by atoms with Gasteiger partial charge in [-0.3, -0.25) is 4.79 Å². The molecule has 3 aromatic rings. The van der Waals surface area contributed by atoms with Crippen LogP contribution in [-0.4, -0.2) is 27.8 Å². The number of pyridine rings is 1. The Morgan fingerprint density at radius 2 is 2.00 bits per heavy atom. The van der Waals surface area contributed by atoms with Crippen molar-refractivity contribution in [1.29, 1.82) is 5.26 Å². The molecule has 0 aliphatic carbocycles. The van der Waals surface area contributed by atoms with Crippen molar-refractivity contribution in [1.82, 2.24) is 20.1 Å². The largest absolute Gasteiger partial charge is 0.495 e. The molecule has 0 aliphatic heterocycles. The van der Waals surface area contributed by atoms with Crippen LogP contribution in [0.5, 0.6) is 5.75 Å². The lowest BCUT2D eigenvalue weighted by atomic mass is 10.1. The van der Waals surface area contributed by atoms with Crippen LogP contribution in [0.2, 0.25) is 0 Å². The predicted molar refractivity (Wildman–Crippen MR) is 95.2 cm³/mol. The number of nitrogens with zero attached hydrogens (tertiary/aromatic N) is 4. The average molecular weight is 401 g/mol. The van der Waals surface area contributed by atoms with E-state index in [0.29, 0.717) is 17.1 Å². The third-order valence-corrected chi connectivity index (χ3v) is 4.01. The summed E-state index contributed by atoms with van der Waals surface area (Å²) in [6.07, 6.45) is -0.303. The summed E-state index contributed by atoms with van der Waals surface area (Å²) in [7, 11) is 1.42. The number of halogens is 3. The molecule has 2 heterocycles. The lowest BCUT2D eigenvalue weighted by Crippen LogP contribution is -2.22. The van der Waals surface area contributed by atoms with Gasteiger partial charge in [0.1, 0.15) is 17.4 Å². The summed E-state index contributed by atoms with van der Waals surface area (Å²) < 4.78 is 44.2. The Balaban J connectivity index is 1.67. The van der Waals surface area contributed by atoms with Gasteiger partial charge in [-0.25, -0.2) is 9.67 Å². The molecule has 0 saturated heterocycles. The van der Waals surface area contributed by atoms with Gasteiger partial charge in [0.25, 0.3) is 5.91 Å². The Hall–Kier alpha value is -3.87. The highest BCUT2D eigenvalue weighted by atomic mass is 19.4. The van der Waals surface area contributed by atoms with Crippen molar-refractivity contribution >= 4 is 5.91 Å². The Kier molecular flexibility index (Phi) is 5.50. The van der Waals surface area contributed by atoms with E-state index in [4.69, 9.17) is 10.00 Å². The predicted octanol–water partition coefficient (Wildman–Crippen LogP) is 3.10. The zero-order chi connectivity index (χ0) is 21.0. The summed E-state index contributed by atoms with van der Waals surface area (Å²) in [6.45, 7) is 0.0606. The normalized spacial score (nSPS) is 11.0. The highest BCUT2D eigenvalue weighted by Gasteiger charge is 2.29. The maximum absolute atomic E-state index is 12.6. The molecule has 0 fully saturated rings. The molecule has 7 nitrogen and oxygen atoms in total. The van der Waals surface area contributed by atoms with Crippen molar-refractivity contribution in [2.75, 3.05) is 7.11 Å². The Morgan fingerprint density at radius 1 is 1.28 bits per heavy atom. The number of amides is 1. The van der Waals surface area contributed by atoms with Gasteiger partial charge >= 0.3 is 6.18 Å². The number of rotatable bonds is 5. The molecule has 0 saturated carbocycles. The number of methoxy groups -OCH3 is 1. The maximum atomic E-state index is 12.6. The van der Waals surface area contributed by atoms with Gasteiger partial charge in [-0.2, -0.15) is 23.5 Å². The Bertz CT molecular complexity index is 1070. The number of nitriles is 1. The van der Waals surface area contributed by atoms with E-state index in [9.17, 15) is 18.0 Å². The van der Waals surface area contributed by atoms with Crippen LogP contribution >= 0.6 is 0 Å². The minimum absolute atomic E-state index is 0.0606. The van der Waals surface area contributed by atoms with E-state index in [0.717, 1.165) is 12.1 Å². The first kappa shape index (κ1) is 19.9. The zero-order valence-corrected chi connectivity index (χ0v) is 15.1. The van der Waals surface area contributed by atoms with Crippen LogP contribution in [0.1, 0.15) is 27.0 Å². The molecule has 1 N–H and O–H groups in total. The summed E-state index contributed by atoms with van der Waals surface area (Å²) in [5.74, 6) is 0.223. The van der Waals surface area contributed by atoms with Crippen LogP contribution in [0.3, 0.4) is 0 Å². The second kappa shape index (κ2) is 8.02. The highest BCUT2D eigenvalue weighted by molar-refractivity contribution is 5.93. The standard InChI is InChI=1S/C19H14F3N5O2/c1-29-16-6-17(24-9-13(16)7-23)27-11-14(10-26-27)18(28)25-8-12-2-4-15(5-3-12)19(20,21)22/h2-6,9-11H,8H2,1H3,(H,25,28). The zero-order valence-electron chi connectivity index (χ0n) is 15.1. The molecule has 0 radical (unpaired) electrons. The van der Waals surface area contributed by atoms with E-state index in [2.05, 4.69) is 15.4 Å². The van der Waals surface area contributed by atoms with Crippen LogP contribution in [-0.2, 0) is 12.7 Å². The second-order valence-electron chi connectivity index (χ2n) is 5.91. The van der Waals surface area contributed by atoms with Gasteiger partial charge in [0, 0.05) is 18.8 Å². The van der Waals surface area contributed by atoms with E-state index in [1.54, 1.807) is 0 Å². The molecular weight excluding hydrogens is 387 g/mol. The van der Waals surface area contributed by atoms with E-state index >= 15 is 0 Å². The number of hydrogen-bond donors (Lipinski definition) is 1. The second-order valence-corrected chi connectivity index (χ2v) is 5.91. The summed E-state index contributed by atoms with van der Waals surface area (Å²) in [4.78, 5) is 16.4. The summed E-state index contributed by atoms with van der Waals surface area (Å²) in [5.41, 5.74) is 0.274. The van der Waals surface area contributed by atoms with E-state index in [-0.39, 0.29) is 17.7 Å². The number of nitrogens with one attached hydrogen (secondary N) is 1. The molecule has 3 rings (SSSR count). The van der Waals surface area contributed by atoms with Gasteiger partial charge in [0.05, 0.1) is 30.6 Å². The topological polar surface area (TPSA) is 92.8 Å². The van der Waals surface area contributed by atoms with E-state index in [1.165, 1.54) is 48.6 Å². The molecule has 29 heavy (non-hydrogen) atoms. The molecule has 1 amide bonds. The molecule has 0 spiro atoms. The molecule has 0 atom stereocenters. The van der Waals surface area contributed by atoms with Crippen molar-refractivity contribution in [3.05, 3.63) is 71.2 Å². The summed E-state index contributed by atoms with van der Waals surface area (Å²) >= 11 is 0. The van der Waals surface area contributed by atoms with Crippen molar-refractivity contribution in [3.63, 3.8) is 0 Å². The van der Waals surface area contributed by atoms with Gasteiger partial charge in [0.2, 0.25) is 0 Å². The lowest BCUT2D eigenvalue weighted by molar-refractivity contribution is -0.137. The summed E-state index contributed by atoms with van der Waals surface area (Å²) in [6, 6.07) is 7.99. The first-order valence-electron chi connectivity index (χ1n) is 8.25. The molecule has 2 aromatic heterocycles. The number of benzene rings is 1. The lowest BCUT2D eigenvalue weighted by Gasteiger charge is -2.08. The number of carbonyl (C=O) groups excluding carboxylic acids is 1. The van der Waals surface area contributed by atoms with Crippen molar-refractivity contribution in [3.8, 4) is 17.6 Å². The number of ether oxygens (including phenoxy) is 1. The van der Waals surface area contributed by atoms with Crippen LogP contribution in [0.25, 0.3) is 5.82 Å². The van der Waals surface area contributed by atoms with E-state index < -0.39 is 17.6 Å². The highest BCUT2D eigenvalue weighted by Crippen LogP contribution is 2.29. The fourth-order valence-corrected chi connectivity index (χ4v) is 2.47. The van der Waals surface area contributed by atoms with Crippen molar-refractivity contribution in [2.45, 2.75) is 12.7 Å². The molecule has 0 bridgehead atoms. The Labute approximate surface area is 163 Å². The monoisotopic (exact) mass is 401 g/mol. The number of hydrogen-bond acceptors (Lipinski definition) is 5. The fraction of sp³-hybridized carbons (Fsp3) is 0.158. The number of alkyl halides is 3. The summed E-state index contributed by atoms with van der Waals surface area (Å²) in [5, 5.41) is 15.7. The van der Waals surface area contributed by atoms with E-state index in [1.807, 2.05) is 6.07 Å². The minimum atomic E-state index is -4.40. The Morgan fingerprint density at radius 3 is 2.62 bits per heavy atom. The van der Waals surface area contributed by atoms with Gasteiger partial charge in [-0.05, 0) is 17.7 Å². The van der Waals surface area contributed by atoms with Crippen LogP contribution in [0, 0.1) is 11.3 Å². The quantitative estimate of drug-likeness (QED) is 0.709. The molecule has 0 aliphatic rings. The van der Waals surface area contributed by atoms with Gasteiger partial charge in [0.15, 0.2) is 5.82 Å². The SMILES string of the molecule is COc1cc(-n2cc(C(=O)NCc3ccc(C(F)(F)F)cc3)cn2)ncc1C#N. The minimum Gasteiger partial charge on any atom is -0.495 e. The molecule has 0 unspecified atom stereocenters. The average Bonchev–Trinajstić information content (AvgIpc) is 3.21. The third-order valence-electron chi connectivity index (χ3n) is 4.01. The maximum Gasteiger partial charge on any atom is 0.416 e. The molecule has 148 valence electrons. The van der Waals surface area contributed by atoms with Crippen molar-refractivity contribution < 1.29 is 22.7 Å². The molecule has 1 aromatic carbocycles. The van der Waals surface area contributed by atoms with Crippen molar-refractivity contribution in [2.24, 2.45) is 0 Å². The first-order chi connectivity index (χ1) is 13.8. The van der Waals surface area contributed by atoms with Crippen LogP contribution < -0.4 is 10.1 Å². The number of carbonyl (C=O) groups is 1. The first-order valence-corrected chi connectivity index (χ1v) is 8.25. The number of aromatic nitrogens is 3.